The normalized spacial score (nSPS) is 12.5. The van der Waals surface area contributed by atoms with Crippen LogP contribution in [0.15, 0.2) is 42.5 Å². The van der Waals surface area contributed by atoms with Gasteiger partial charge in [-0.2, -0.15) is 0 Å². The molecule has 0 aliphatic rings. The van der Waals surface area contributed by atoms with Crippen molar-refractivity contribution in [3.8, 4) is 0 Å². The summed E-state index contributed by atoms with van der Waals surface area (Å²) < 4.78 is 5.49. The predicted molar refractivity (Wildman–Crippen MR) is 133 cm³/mol. The average molecular weight is 478 g/mol. The second kappa shape index (κ2) is 11.7. The smallest absolute Gasteiger partial charge is 0.309 e. The second-order valence-electron chi connectivity index (χ2n) is 9.63. The molecule has 0 aliphatic carbocycles. The summed E-state index contributed by atoms with van der Waals surface area (Å²) in [4.78, 5) is 25.5. The molecule has 1 N–H and O–H groups in total. The van der Waals surface area contributed by atoms with Crippen molar-refractivity contribution in [1.82, 2.24) is 0 Å². The van der Waals surface area contributed by atoms with Gasteiger partial charge < -0.3 is 10.1 Å². The molecule has 2 rings (SSSR count). The molecule has 0 bridgehead atoms. The van der Waals surface area contributed by atoms with Gasteiger partial charge in [0.05, 0.1) is 28.3 Å². The first-order valence-corrected chi connectivity index (χ1v) is 11.7. The Morgan fingerprint density at radius 2 is 1.62 bits per heavy atom. The van der Waals surface area contributed by atoms with Gasteiger partial charge in [0.2, 0.25) is 0 Å². The van der Waals surface area contributed by atoms with E-state index in [1.165, 1.54) is 0 Å². The van der Waals surface area contributed by atoms with Gasteiger partial charge >= 0.3 is 5.97 Å². The van der Waals surface area contributed by atoms with Crippen molar-refractivity contribution in [1.29, 1.82) is 0 Å². The number of rotatable bonds is 10. The Morgan fingerprint density at radius 1 is 1.00 bits per heavy atom. The first-order valence-electron chi connectivity index (χ1n) is 10.9. The molecule has 0 amide bonds. The van der Waals surface area contributed by atoms with Crippen LogP contribution < -0.4 is 5.32 Å². The molecule has 2 aromatic carbocycles. The second-order valence-corrected chi connectivity index (χ2v) is 10.4. The molecular formula is C26H33Cl2NO3. The molecule has 0 saturated carbocycles. The van der Waals surface area contributed by atoms with E-state index < -0.39 is 5.92 Å². The van der Waals surface area contributed by atoms with Crippen LogP contribution in [0.1, 0.15) is 53.0 Å². The van der Waals surface area contributed by atoms with Gasteiger partial charge in [0.15, 0.2) is 0 Å². The highest BCUT2D eigenvalue weighted by atomic mass is 35.5. The number of halogens is 2. The van der Waals surface area contributed by atoms with E-state index in [0.717, 1.165) is 17.7 Å². The summed E-state index contributed by atoms with van der Waals surface area (Å²) in [6, 6.07) is 12.8. The van der Waals surface area contributed by atoms with E-state index in [-0.39, 0.29) is 35.9 Å². The maximum Gasteiger partial charge on any atom is 0.309 e. The summed E-state index contributed by atoms with van der Waals surface area (Å²) in [5.41, 5.74) is 2.25. The van der Waals surface area contributed by atoms with Crippen molar-refractivity contribution >= 4 is 46.3 Å². The Kier molecular flexibility index (Phi) is 9.60. The topological polar surface area (TPSA) is 55.4 Å². The fourth-order valence-corrected chi connectivity index (χ4v) is 3.73. The van der Waals surface area contributed by atoms with Crippen LogP contribution in [0.5, 0.6) is 0 Å². The molecule has 174 valence electrons. The number of esters is 1. The lowest BCUT2D eigenvalue weighted by Gasteiger charge is -2.22. The van der Waals surface area contributed by atoms with Crippen molar-refractivity contribution in [2.75, 3.05) is 11.9 Å². The number of anilines is 2. The van der Waals surface area contributed by atoms with Gasteiger partial charge in [-0.05, 0) is 41.5 Å². The number of carbonyl (C=O) groups is 2. The van der Waals surface area contributed by atoms with Gasteiger partial charge in [0.25, 0.3) is 0 Å². The van der Waals surface area contributed by atoms with Crippen molar-refractivity contribution in [3.05, 3.63) is 58.1 Å². The van der Waals surface area contributed by atoms with Crippen molar-refractivity contribution in [2.24, 2.45) is 17.3 Å². The minimum atomic E-state index is -0.458. The molecule has 6 heteroatoms. The van der Waals surface area contributed by atoms with Crippen LogP contribution in [0.25, 0.3) is 0 Å². The molecule has 0 fully saturated rings. The molecule has 0 spiro atoms. The Morgan fingerprint density at radius 3 is 2.22 bits per heavy atom. The summed E-state index contributed by atoms with van der Waals surface area (Å²) in [6.07, 6.45) is 1.12. The molecule has 0 saturated heterocycles. The van der Waals surface area contributed by atoms with Gasteiger partial charge in [0, 0.05) is 18.5 Å². The highest BCUT2D eigenvalue weighted by Gasteiger charge is 2.27. The molecule has 0 radical (unpaired) electrons. The highest BCUT2D eigenvalue weighted by molar-refractivity contribution is 6.39. The molecule has 0 heterocycles. The maximum absolute atomic E-state index is 12.9. The monoisotopic (exact) mass is 477 g/mol. The lowest BCUT2D eigenvalue weighted by Crippen LogP contribution is -2.27. The fourth-order valence-electron chi connectivity index (χ4n) is 3.23. The average Bonchev–Trinajstić information content (AvgIpc) is 2.69. The highest BCUT2D eigenvalue weighted by Crippen LogP contribution is 2.34. The minimum absolute atomic E-state index is 0.0105. The standard InChI is InChI=1S/C26H33Cl2NO3/c1-17(2)20(25(31)32-14-13-26(3,4)5)16-19(30)15-18-9-6-7-12-23(18)29-24-21(27)10-8-11-22(24)28/h6-12,17,20,29H,13-16H2,1-5H3/t20-/m0/s1. The van der Waals surface area contributed by atoms with Crippen molar-refractivity contribution < 1.29 is 14.3 Å². The van der Waals surface area contributed by atoms with Crippen LogP contribution in [0.3, 0.4) is 0 Å². The number of benzene rings is 2. The molecule has 0 aromatic heterocycles. The van der Waals surface area contributed by atoms with E-state index in [4.69, 9.17) is 27.9 Å². The third kappa shape index (κ3) is 8.14. The fraction of sp³-hybridized carbons (Fsp3) is 0.462. The summed E-state index contributed by atoms with van der Waals surface area (Å²) in [6.45, 7) is 10.6. The number of ketones is 1. The Balaban J connectivity index is 2.07. The number of hydrogen-bond acceptors (Lipinski definition) is 4. The molecule has 4 nitrogen and oxygen atoms in total. The zero-order chi connectivity index (χ0) is 23.9. The van der Waals surface area contributed by atoms with Crippen molar-refractivity contribution in [2.45, 2.75) is 53.9 Å². The van der Waals surface area contributed by atoms with E-state index in [0.29, 0.717) is 22.3 Å². The predicted octanol–water partition coefficient (Wildman–Crippen LogP) is 7.49. The number of hydrogen-bond donors (Lipinski definition) is 1. The lowest BCUT2D eigenvalue weighted by atomic mass is 9.89. The van der Waals surface area contributed by atoms with E-state index >= 15 is 0 Å². The molecule has 0 unspecified atom stereocenters. The summed E-state index contributed by atoms with van der Waals surface area (Å²) in [5.74, 6) is -0.764. The van der Waals surface area contributed by atoms with Gasteiger partial charge in [-0.1, -0.05) is 82.1 Å². The Bertz CT molecular complexity index is 915. The molecule has 32 heavy (non-hydrogen) atoms. The Hall–Kier alpha value is -2.04. The largest absolute Gasteiger partial charge is 0.465 e. The number of Topliss-reactive ketones (excluding diaryl/α,β-unsaturated/α-hetero) is 1. The van der Waals surface area contributed by atoms with Gasteiger partial charge in [-0.3, -0.25) is 9.59 Å². The number of nitrogens with one attached hydrogen (secondary N) is 1. The quantitative estimate of drug-likeness (QED) is 0.360. The van der Waals surface area contributed by atoms with Crippen molar-refractivity contribution in [3.63, 3.8) is 0 Å². The van der Waals surface area contributed by atoms with E-state index in [2.05, 4.69) is 26.1 Å². The van der Waals surface area contributed by atoms with Gasteiger partial charge in [0.1, 0.15) is 5.78 Å². The number of carbonyl (C=O) groups excluding carboxylic acids is 2. The van der Waals surface area contributed by atoms with E-state index in [1.807, 2.05) is 38.1 Å². The van der Waals surface area contributed by atoms with Crippen LogP contribution in [0.4, 0.5) is 11.4 Å². The molecule has 1 atom stereocenters. The van der Waals surface area contributed by atoms with Crippen LogP contribution >= 0.6 is 23.2 Å². The van der Waals surface area contributed by atoms with Gasteiger partial charge in [-0.25, -0.2) is 0 Å². The van der Waals surface area contributed by atoms with E-state index in [9.17, 15) is 9.59 Å². The van der Waals surface area contributed by atoms with Gasteiger partial charge in [-0.15, -0.1) is 0 Å². The summed E-state index contributed by atoms with van der Waals surface area (Å²) in [7, 11) is 0. The zero-order valence-corrected chi connectivity index (χ0v) is 21.0. The van der Waals surface area contributed by atoms with E-state index in [1.54, 1.807) is 18.2 Å². The minimum Gasteiger partial charge on any atom is -0.465 e. The van der Waals surface area contributed by atoms with Crippen LogP contribution in [-0.2, 0) is 20.7 Å². The molecule has 2 aromatic rings. The summed E-state index contributed by atoms with van der Waals surface area (Å²) in [5, 5.41) is 4.24. The third-order valence-electron chi connectivity index (χ3n) is 5.28. The van der Waals surface area contributed by atoms with Crippen LogP contribution in [0, 0.1) is 17.3 Å². The first-order chi connectivity index (χ1) is 15.0. The van der Waals surface area contributed by atoms with Crippen LogP contribution in [-0.4, -0.2) is 18.4 Å². The molecular weight excluding hydrogens is 445 g/mol. The SMILES string of the molecule is CC(C)[C@H](CC(=O)Cc1ccccc1Nc1c(Cl)cccc1Cl)C(=O)OCCC(C)(C)C. The zero-order valence-electron chi connectivity index (χ0n) is 19.5. The number of ether oxygens (including phenoxy) is 1. The summed E-state index contributed by atoms with van der Waals surface area (Å²) >= 11 is 12.6. The molecule has 0 aliphatic heterocycles. The maximum atomic E-state index is 12.9. The lowest BCUT2D eigenvalue weighted by molar-refractivity contribution is -0.152. The number of para-hydroxylation sites is 2. The Labute approximate surface area is 201 Å². The third-order valence-corrected chi connectivity index (χ3v) is 5.91. The first kappa shape index (κ1) is 26.2. The van der Waals surface area contributed by atoms with Crippen LogP contribution in [0.2, 0.25) is 10.0 Å².